The lowest BCUT2D eigenvalue weighted by Gasteiger charge is -2.38. The van der Waals surface area contributed by atoms with E-state index in [9.17, 15) is 18.0 Å². The zero-order valence-corrected chi connectivity index (χ0v) is 10.4. The number of hydrogen-bond donors (Lipinski definition) is 1. The fraction of sp³-hybridized carbons (Fsp3) is 0.308. The summed E-state index contributed by atoms with van der Waals surface area (Å²) >= 11 is 0. The van der Waals surface area contributed by atoms with Crippen LogP contribution in [-0.4, -0.2) is 29.6 Å². The van der Waals surface area contributed by atoms with E-state index in [1.54, 1.807) is 6.07 Å². The molecule has 108 valence electrons. The Hall–Kier alpha value is -2.02. The SMILES string of the molecule is CCO[C@@]1(C(F)(F)F)Oc2ccccc2C=C1C(=O)O. The highest BCUT2D eigenvalue weighted by atomic mass is 19.4. The predicted molar refractivity (Wildman–Crippen MR) is 63.1 cm³/mol. The second-order valence-electron chi connectivity index (χ2n) is 4.05. The summed E-state index contributed by atoms with van der Waals surface area (Å²) in [7, 11) is 0. The summed E-state index contributed by atoms with van der Waals surface area (Å²) in [4.78, 5) is 11.2. The molecule has 0 saturated heterocycles. The molecule has 1 aliphatic heterocycles. The fourth-order valence-electron chi connectivity index (χ4n) is 1.96. The van der Waals surface area contributed by atoms with Crippen molar-refractivity contribution < 1.29 is 32.5 Å². The molecule has 0 bridgehead atoms. The monoisotopic (exact) mass is 288 g/mol. The molecule has 1 atom stereocenters. The van der Waals surface area contributed by atoms with Crippen molar-refractivity contribution >= 4 is 12.0 Å². The third-order valence-electron chi connectivity index (χ3n) is 2.78. The van der Waals surface area contributed by atoms with Crippen LogP contribution in [0.5, 0.6) is 5.75 Å². The molecule has 20 heavy (non-hydrogen) atoms. The van der Waals surface area contributed by atoms with Gasteiger partial charge >= 0.3 is 17.9 Å². The number of para-hydroxylation sites is 1. The topological polar surface area (TPSA) is 55.8 Å². The summed E-state index contributed by atoms with van der Waals surface area (Å²) in [5, 5.41) is 9.06. The van der Waals surface area contributed by atoms with Crippen LogP contribution in [0.15, 0.2) is 29.8 Å². The Bertz CT molecular complexity index is 565. The van der Waals surface area contributed by atoms with Gasteiger partial charge < -0.3 is 14.6 Å². The van der Waals surface area contributed by atoms with Gasteiger partial charge in [-0.25, -0.2) is 4.79 Å². The maximum absolute atomic E-state index is 13.3. The fourth-order valence-corrected chi connectivity index (χ4v) is 1.96. The zero-order chi connectivity index (χ0) is 15.0. The number of rotatable bonds is 3. The number of benzene rings is 1. The van der Waals surface area contributed by atoms with Crippen LogP contribution >= 0.6 is 0 Å². The van der Waals surface area contributed by atoms with Crippen molar-refractivity contribution in [3.8, 4) is 5.75 Å². The summed E-state index contributed by atoms with van der Waals surface area (Å²) in [6, 6.07) is 5.85. The molecule has 0 aromatic heterocycles. The number of hydrogen-bond acceptors (Lipinski definition) is 3. The molecule has 0 saturated carbocycles. The highest BCUT2D eigenvalue weighted by molar-refractivity contribution is 5.95. The maximum Gasteiger partial charge on any atom is 0.460 e. The third-order valence-corrected chi connectivity index (χ3v) is 2.78. The van der Waals surface area contributed by atoms with Gasteiger partial charge in [-0.2, -0.15) is 13.2 Å². The Morgan fingerprint density at radius 2 is 2.05 bits per heavy atom. The molecule has 0 spiro atoms. The largest absolute Gasteiger partial charge is 0.478 e. The molecule has 0 aliphatic carbocycles. The van der Waals surface area contributed by atoms with Gasteiger partial charge in [0.2, 0.25) is 0 Å². The van der Waals surface area contributed by atoms with Crippen LogP contribution < -0.4 is 4.74 Å². The van der Waals surface area contributed by atoms with E-state index < -0.39 is 23.5 Å². The normalized spacial score (nSPS) is 21.7. The smallest absolute Gasteiger partial charge is 0.460 e. The molecule has 2 rings (SSSR count). The molecular weight excluding hydrogens is 277 g/mol. The van der Waals surface area contributed by atoms with E-state index in [1.807, 2.05) is 0 Å². The van der Waals surface area contributed by atoms with Crippen molar-refractivity contribution in [3.63, 3.8) is 0 Å². The number of alkyl halides is 3. The van der Waals surface area contributed by atoms with E-state index >= 15 is 0 Å². The zero-order valence-electron chi connectivity index (χ0n) is 10.4. The molecule has 1 heterocycles. The molecule has 1 aromatic carbocycles. The molecule has 0 fully saturated rings. The van der Waals surface area contributed by atoms with E-state index in [0.717, 1.165) is 6.08 Å². The Morgan fingerprint density at radius 3 is 2.60 bits per heavy atom. The lowest BCUT2D eigenvalue weighted by atomic mass is 9.98. The molecule has 0 amide bonds. The van der Waals surface area contributed by atoms with Crippen molar-refractivity contribution in [1.82, 2.24) is 0 Å². The van der Waals surface area contributed by atoms with Gasteiger partial charge in [-0.15, -0.1) is 0 Å². The predicted octanol–water partition coefficient (Wildman–Crippen LogP) is 2.84. The molecular formula is C13H11F3O4. The lowest BCUT2D eigenvalue weighted by Crippen LogP contribution is -2.56. The molecule has 1 aliphatic rings. The summed E-state index contributed by atoms with van der Waals surface area (Å²) in [6.07, 6.45) is -4.11. The van der Waals surface area contributed by atoms with Crippen LogP contribution in [0, 0.1) is 0 Å². The van der Waals surface area contributed by atoms with Crippen LogP contribution in [0.2, 0.25) is 0 Å². The molecule has 1 aromatic rings. The van der Waals surface area contributed by atoms with Gasteiger partial charge in [0.1, 0.15) is 11.3 Å². The van der Waals surface area contributed by atoms with Gasteiger partial charge in [0, 0.05) is 12.2 Å². The van der Waals surface area contributed by atoms with Crippen molar-refractivity contribution in [1.29, 1.82) is 0 Å². The van der Waals surface area contributed by atoms with Crippen LogP contribution in [0.3, 0.4) is 0 Å². The molecule has 7 heteroatoms. The van der Waals surface area contributed by atoms with Gasteiger partial charge in [0.05, 0.1) is 0 Å². The molecule has 1 N–H and O–H groups in total. The van der Waals surface area contributed by atoms with E-state index in [-0.39, 0.29) is 17.9 Å². The van der Waals surface area contributed by atoms with Crippen molar-refractivity contribution in [3.05, 3.63) is 35.4 Å². The van der Waals surface area contributed by atoms with Gasteiger partial charge in [-0.3, -0.25) is 0 Å². The Labute approximate surface area is 112 Å². The first-order valence-corrected chi connectivity index (χ1v) is 5.76. The van der Waals surface area contributed by atoms with Crippen LogP contribution in [0.1, 0.15) is 12.5 Å². The maximum atomic E-state index is 13.3. The number of aliphatic carboxylic acids is 1. The third kappa shape index (κ3) is 2.14. The summed E-state index contributed by atoms with van der Waals surface area (Å²) in [6.45, 7) is 0.975. The number of carboxylic acid groups (broad SMARTS) is 1. The second-order valence-corrected chi connectivity index (χ2v) is 4.05. The average Bonchev–Trinajstić information content (AvgIpc) is 2.36. The minimum absolute atomic E-state index is 0.0803. The van der Waals surface area contributed by atoms with Gasteiger partial charge in [-0.1, -0.05) is 18.2 Å². The van der Waals surface area contributed by atoms with Crippen molar-refractivity contribution in [2.24, 2.45) is 0 Å². The van der Waals surface area contributed by atoms with E-state index in [1.165, 1.54) is 25.1 Å². The minimum atomic E-state index is -5.03. The molecule has 0 unspecified atom stereocenters. The first kappa shape index (κ1) is 14.4. The van der Waals surface area contributed by atoms with Gasteiger partial charge in [0.15, 0.2) is 0 Å². The van der Waals surface area contributed by atoms with E-state index in [4.69, 9.17) is 9.84 Å². The molecule has 0 radical (unpaired) electrons. The Morgan fingerprint density at radius 1 is 1.40 bits per heavy atom. The molecule has 4 nitrogen and oxygen atoms in total. The number of halogens is 3. The quantitative estimate of drug-likeness (QED) is 0.929. The van der Waals surface area contributed by atoms with E-state index in [0.29, 0.717) is 0 Å². The number of ether oxygens (including phenoxy) is 2. The number of fused-ring (bicyclic) bond motifs is 1. The summed E-state index contributed by atoms with van der Waals surface area (Å²) < 4.78 is 49.6. The standard InChI is InChI=1S/C13H11F3O4/c1-2-19-12(13(14,15)16)9(11(17)18)7-8-5-3-4-6-10(8)20-12/h3-7H,2H2,1H3,(H,17,18)/t12-/m1/s1. The highest BCUT2D eigenvalue weighted by Crippen LogP contribution is 2.46. The van der Waals surface area contributed by atoms with Crippen LogP contribution in [-0.2, 0) is 9.53 Å². The van der Waals surface area contributed by atoms with Crippen LogP contribution in [0.25, 0.3) is 6.08 Å². The Kier molecular flexibility index (Phi) is 3.47. The van der Waals surface area contributed by atoms with Crippen LogP contribution in [0.4, 0.5) is 13.2 Å². The van der Waals surface area contributed by atoms with Gasteiger partial charge in [-0.05, 0) is 19.1 Å². The number of carboxylic acids is 1. The Balaban J connectivity index is 2.66. The summed E-state index contributed by atoms with van der Waals surface area (Å²) in [5.41, 5.74) is -0.741. The first-order chi connectivity index (χ1) is 9.32. The minimum Gasteiger partial charge on any atom is -0.478 e. The number of carbonyl (C=O) groups is 1. The lowest BCUT2D eigenvalue weighted by molar-refractivity contribution is -0.332. The highest BCUT2D eigenvalue weighted by Gasteiger charge is 2.65. The summed E-state index contributed by atoms with van der Waals surface area (Å²) in [5.74, 6) is -5.12. The van der Waals surface area contributed by atoms with Crippen molar-refractivity contribution in [2.45, 2.75) is 18.9 Å². The first-order valence-electron chi connectivity index (χ1n) is 5.76. The van der Waals surface area contributed by atoms with E-state index in [2.05, 4.69) is 4.74 Å². The van der Waals surface area contributed by atoms with Crippen molar-refractivity contribution in [2.75, 3.05) is 6.61 Å². The van der Waals surface area contributed by atoms with Gasteiger partial charge in [0.25, 0.3) is 0 Å². The average molecular weight is 288 g/mol. The second kappa shape index (κ2) is 4.82.